The van der Waals surface area contributed by atoms with Gasteiger partial charge in [-0.3, -0.25) is 0 Å². The van der Waals surface area contributed by atoms with Gasteiger partial charge in [-0.1, -0.05) is 23.7 Å². The van der Waals surface area contributed by atoms with Crippen LogP contribution in [0.3, 0.4) is 0 Å². The van der Waals surface area contributed by atoms with Gasteiger partial charge in [-0.05, 0) is 51.6 Å². The predicted molar refractivity (Wildman–Crippen MR) is 88.3 cm³/mol. The normalized spacial score (nSPS) is 10.7. The van der Waals surface area contributed by atoms with Gasteiger partial charge in [-0.25, -0.2) is 0 Å². The van der Waals surface area contributed by atoms with Crippen LogP contribution < -0.4 is 10.2 Å². The lowest BCUT2D eigenvalue weighted by Gasteiger charge is -2.23. The molecule has 0 saturated carbocycles. The zero-order valence-corrected chi connectivity index (χ0v) is 14.1. The van der Waals surface area contributed by atoms with E-state index in [0.717, 1.165) is 27.6 Å². The van der Waals surface area contributed by atoms with Crippen molar-refractivity contribution in [2.75, 3.05) is 19.0 Å². The molecule has 5 heteroatoms. The second-order valence-corrected chi connectivity index (χ2v) is 7.09. The SMILES string of the molecule is CNCc1cccc(Cl)c1N(C)Cc1csc(Br)c1. The molecule has 19 heavy (non-hydrogen) atoms. The minimum absolute atomic E-state index is 0.796. The van der Waals surface area contributed by atoms with Crippen LogP contribution in [0.4, 0.5) is 5.69 Å². The van der Waals surface area contributed by atoms with Crippen LogP contribution in [0.15, 0.2) is 33.4 Å². The molecular weight excluding hydrogens is 344 g/mol. The van der Waals surface area contributed by atoms with Crippen LogP contribution in [0, 0.1) is 0 Å². The Labute approximate surface area is 131 Å². The molecule has 0 aliphatic heterocycles. The Morgan fingerprint density at radius 2 is 2.21 bits per heavy atom. The Morgan fingerprint density at radius 1 is 1.42 bits per heavy atom. The maximum atomic E-state index is 6.36. The fraction of sp³-hybridized carbons (Fsp3) is 0.286. The van der Waals surface area contributed by atoms with E-state index in [0.29, 0.717) is 0 Å². The van der Waals surface area contributed by atoms with E-state index in [1.54, 1.807) is 11.3 Å². The fourth-order valence-corrected chi connectivity index (χ4v) is 3.64. The lowest BCUT2D eigenvalue weighted by molar-refractivity contribution is 0.806. The van der Waals surface area contributed by atoms with Crippen molar-refractivity contribution in [1.29, 1.82) is 0 Å². The number of nitrogens with zero attached hydrogens (tertiary/aromatic N) is 1. The van der Waals surface area contributed by atoms with Crippen molar-refractivity contribution in [3.8, 4) is 0 Å². The van der Waals surface area contributed by atoms with Gasteiger partial charge in [-0.2, -0.15) is 0 Å². The van der Waals surface area contributed by atoms with E-state index in [9.17, 15) is 0 Å². The summed E-state index contributed by atoms with van der Waals surface area (Å²) in [7, 11) is 4.02. The highest BCUT2D eigenvalue weighted by molar-refractivity contribution is 9.11. The van der Waals surface area contributed by atoms with Gasteiger partial charge in [-0.15, -0.1) is 11.3 Å². The first-order valence-electron chi connectivity index (χ1n) is 5.98. The van der Waals surface area contributed by atoms with Gasteiger partial charge < -0.3 is 10.2 Å². The molecule has 1 heterocycles. The van der Waals surface area contributed by atoms with Gasteiger partial charge in [0.15, 0.2) is 0 Å². The molecule has 0 radical (unpaired) electrons. The smallest absolute Gasteiger partial charge is 0.0701 e. The minimum Gasteiger partial charge on any atom is -0.369 e. The van der Waals surface area contributed by atoms with Crippen LogP contribution in [0.5, 0.6) is 0 Å². The first kappa shape index (κ1) is 14.9. The first-order valence-corrected chi connectivity index (χ1v) is 8.03. The molecule has 1 aromatic heterocycles. The number of hydrogen-bond donors (Lipinski definition) is 1. The number of anilines is 1. The van der Waals surface area contributed by atoms with E-state index < -0.39 is 0 Å². The second kappa shape index (κ2) is 6.75. The van der Waals surface area contributed by atoms with Gasteiger partial charge in [0.1, 0.15) is 0 Å². The van der Waals surface area contributed by atoms with Crippen LogP contribution in [0.2, 0.25) is 5.02 Å². The topological polar surface area (TPSA) is 15.3 Å². The minimum atomic E-state index is 0.796. The quantitative estimate of drug-likeness (QED) is 0.844. The van der Waals surface area contributed by atoms with E-state index in [2.05, 4.69) is 50.7 Å². The van der Waals surface area contributed by atoms with Crippen molar-refractivity contribution in [2.24, 2.45) is 0 Å². The fourth-order valence-electron chi connectivity index (χ4n) is 2.10. The van der Waals surface area contributed by atoms with E-state index in [4.69, 9.17) is 11.6 Å². The Bertz CT molecular complexity index is 556. The van der Waals surface area contributed by atoms with Crippen molar-refractivity contribution in [3.05, 3.63) is 49.6 Å². The third-order valence-corrected chi connectivity index (χ3v) is 4.72. The molecule has 1 aromatic carbocycles. The number of halogens is 2. The highest BCUT2D eigenvalue weighted by atomic mass is 79.9. The Hall–Kier alpha value is -0.550. The number of rotatable bonds is 5. The molecular formula is C14H16BrClN2S. The standard InChI is InChI=1S/C14H16BrClN2S/c1-17-7-11-4-3-5-12(16)14(11)18(2)8-10-6-13(15)19-9-10/h3-6,9,17H,7-8H2,1-2H3. The zero-order chi connectivity index (χ0) is 13.8. The number of hydrogen-bond acceptors (Lipinski definition) is 3. The Kier molecular flexibility index (Phi) is 5.28. The van der Waals surface area contributed by atoms with Crippen LogP contribution in [0.1, 0.15) is 11.1 Å². The predicted octanol–water partition coefficient (Wildman–Crippen LogP) is 4.52. The summed E-state index contributed by atoms with van der Waals surface area (Å²) >= 11 is 11.6. The average Bonchev–Trinajstić information content (AvgIpc) is 2.75. The Balaban J connectivity index is 2.24. The number of para-hydroxylation sites is 1. The van der Waals surface area contributed by atoms with Gasteiger partial charge >= 0.3 is 0 Å². The Morgan fingerprint density at radius 3 is 2.84 bits per heavy atom. The second-order valence-electron chi connectivity index (χ2n) is 4.39. The van der Waals surface area contributed by atoms with Crippen molar-refractivity contribution >= 4 is 44.6 Å². The van der Waals surface area contributed by atoms with Crippen molar-refractivity contribution in [2.45, 2.75) is 13.1 Å². The van der Waals surface area contributed by atoms with Crippen molar-refractivity contribution < 1.29 is 0 Å². The molecule has 0 fully saturated rings. The van der Waals surface area contributed by atoms with E-state index >= 15 is 0 Å². The summed E-state index contributed by atoms with van der Waals surface area (Å²) in [5, 5.41) is 6.14. The molecule has 102 valence electrons. The van der Waals surface area contributed by atoms with Crippen LogP contribution in [0.25, 0.3) is 0 Å². The maximum Gasteiger partial charge on any atom is 0.0701 e. The average molecular weight is 360 g/mol. The van der Waals surface area contributed by atoms with Gasteiger partial charge in [0.25, 0.3) is 0 Å². The molecule has 0 aliphatic rings. The zero-order valence-electron chi connectivity index (χ0n) is 10.9. The molecule has 2 nitrogen and oxygen atoms in total. The monoisotopic (exact) mass is 358 g/mol. The number of thiophene rings is 1. The molecule has 0 unspecified atom stereocenters. The summed E-state index contributed by atoms with van der Waals surface area (Å²) in [6, 6.07) is 8.19. The highest BCUT2D eigenvalue weighted by Crippen LogP contribution is 2.31. The summed E-state index contributed by atoms with van der Waals surface area (Å²) in [6.45, 7) is 1.66. The summed E-state index contributed by atoms with van der Waals surface area (Å²) in [5.74, 6) is 0. The largest absolute Gasteiger partial charge is 0.369 e. The molecule has 0 saturated heterocycles. The van der Waals surface area contributed by atoms with Crippen LogP contribution in [-0.2, 0) is 13.1 Å². The third-order valence-electron chi connectivity index (χ3n) is 2.86. The van der Waals surface area contributed by atoms with Gasteiger partial charge in [0, 0.05) is 20.1 Å². The molecule has 2 aromatic rings. The molecule has 0 atom stereocenters. The third kappa shape index (κ3) is 3.72. The molecule has 0 bridgehead atoms. The van der Waals surface area contributed by atoms with Gasteiger partial charge in [0.05, 0.1) is 14.5 Å². The van der Waals surface area contributed by atoms with Crippen LogP contribution in [-0.4, -0.2) is 14.1 Å². The highest BCUT2D eigenvalue weighted by Gasteiger charge is 2.12. The molecule has 2 rings (SSSR count). The lowest BCUT2D eigenvalue weighted by atomic mass is 10.1. The van der Waals surface area contributed by atoms with E-state index in [1.807, 2.05) is 19.2 Å². The number of nitrogens with one attached hydrogen (secondary N) is 1. The summed E-state index contributed by atoms with van der Waals surface area (Å²) in [5.41, 5.74) is 3.60. The van der Waals surface area contributed by atoms with Crippen LogP contribution >= 0.6 is 38.9 Å². The van der Waals surface area contributed by atoms with Crippen molar-refractivity contribution in [1.82, 2.24) is 5.32 Å². The van der Waals surface area contributed by atoms with E-state index in [-0.39, 0.29) is 0 Å². The molecule has 1 N–H and O–H groups in total. The molecule has 0 spiro atoms. The molecule has 0 amide bonds. The van der Waals surface area contributed by atoms with Crippen molar-refractivity contribution in [3.63, 3.8) is 0 Å². The maximum absolute atomic E-state index is 6.36. The first-order chi connectivity index (χ1) is 9.11. The lowest BCUT2D eigenvalue weighted by Crippen LogP contribution is -2.19. The summed E-state index contributed by atoms with van der Waals surface area (Å²) in [4.78, 5) is 2.20. The summed E-state index contributed by atoms with van der Waals surface area (Å²) in [6.07, 6.45) is 0. The van der Waals surface area contributed by atoms with E-state index in [1.165, 1.54) is 11.1 Å². The number of benzene rings is 1. The summed E-state index contributed by atoms with van der Waals surface area (Å²) < 4.78 is 1.16. The molecule has 0 aliphatic carbocycles. The van der Waals surface area contributed by atoms with Gasteiger partial charge in [0.2, 0.25) is 0 Å².